The molecule has 0 radical (unpaired) electrons. The van der Waals surface area contributed by atoms with E-state index in [9.17, 15) is 14.4 Å². The Balaban J connectivity index is 1.54. The molecule has 3 rings (SSSR count). The van der Waals surface area contributed by atoms with E-state index in [4.69, 9.17) is 10.00 Å². The number of benzene rings is 1. The van der Waals surface area contributed by atoms with Gasteiger partial charge in [-0.1, -0.05) is 6.08 Å². The van der Waals surface area contributed by atoms with Crippen LogP contribution in [0, 0.1) is 11.3 Å². The van der Waals surface area contributed by atoms with Crippen molar-refractivity contribution in [2.45, 2.75) is 51.0 Å². The largest absolute Gasteiger partial charge is 0.452 e. The molecule has 28 heavy (non-hydrogen) atoms. The highest BCUT2D eigenvalue weighted by molar-refractivity contribution is 5.94. The Morgan fingerprint density at radius 2 is 1.93 bits per heavy atom. The van der Waals surface area contributed by atoms with Gasteiger partial charge in [-0.05, 0) is 62.8 Å². The van der Waals surface area contributed by atoms with Gasteiger partial charge in [0, 0.05) is 17.4 Å². The van der Waals surface area contributed by atoms with E-state index in [2.05, 4.69) is 11.4 Å². The highest BCUT2D eigenvalue weighted by Gasteiger charge is 2.35. The second kappa shape index (κ2) is 9.18. The number of carbonyl (C=O) groups is 3. The summed E-state index contributed by atoms with van der Waals surface area (Å²) < 4.78 is 5.21. The highest BCUT2D eigenvalue weighted by Crippen LogP contribution is 2.33. The van der Waals surface area contributed by atoms with Gasteiger partial charge >= 0.3 is 5.97 Å². The topological polar surface area (TPSA) is 99.5 Å². The number of carbonyl (C=O) groups excluding carboxylic acids is 3. The fraction of sp³-hybridized carbons (Fsp3) is 0.429. The van der Waals surface area contributed by atoms with Crippen LogP contribution in [0.1, 0.15) is 55.3 Å². The maximum atomic E-state index is 12.6. The van der Waals surface area contributed by atoms with Crippen molar-refractivity contribution in [3.05, 3.63) is 41.6 Å². The fourth-order valence-electron chi connectivity index (χ4n) is 3.22. The van der Waals surface area contributed by atoms with Crippen LogP contribution < -0.4 is 5.32 Å². The van der Waals surface area contributed by atoms with Crippen molar-refractivity contribution in [1.29, 1.82) is 5.26 Å². The van der Waals surface area contributed by atoms with Gasteiger partial charge in [0.25, 0.3) is 5.91 Å². The van der Waals surface area contributed by atoms with Crippen molar-refractivity contribution in [2.75, 3.05) is 11.9 Å². The molecule has 0 heterocycles. The Hall–Kier alpha value is -3.14. The van der Waals surface area contributed by atoms with Crippen molar-refractivity contribution in [3.8, 4) is 6.07 Å². The zero-order valence-electron chi connectivity index (χ0n) is 15.6. The summed E-state index contributed by atoms with van der Waals surface area (Å²) in [6, 6.07) is 8.13. The van der Waals surface area contributed by atoms with Crippen LogP contribution in [0.5, 0.6) is 0 Å². The van der Waals surface area contributed by atoms with Crippen LogP contribution in [0.25, 0.3) is 0 Å². The summed E-state index contributed by atoms with van der Waals surface area (Å²) >= 11 is 0. The lowest BCUT2D eigenvalue weighted by atomic mass is 10.0. The number of esters is 1. The molecule has 146 valence electrons. The number of amides is 2. The molecular weight excluding hydrogens is 358 g/mol. The standard InChI is InChI=1S/C21H23N3O4/c22-13-12-19(25)23-16-8-6-15(7-9-16)21(27)28-14-20(26)24(18-10-11-18)17-4-2-1-3-5-17/h4,6-9,18H,1-3,5,10-12,14H2,(H,23,25). The smallest absolute Gasteiger partial charge is 0.338 e. The number of allylic oxidation sites excluding steroid dienone is 2. The van der Waals surface area contributed by atoms with E-state index in [-0.39, 0.29) is 25.0 Å². The van der Waals surface area contributed by atoms with Gasteiger partial charge in [0.05, 0.1) is 11.6 Å². The number of nitrogens with one attached hydrogen (secondary N) is 1. The van der Waals surface area contributed by atoms with Crippen molar-refractivity contribution in [2.24, 2.45) is 0 Å². The van der Waals surface area contributed by atoms with Gasteiger partial charge in [-0.15, -0.1) is 0 Å². The Morgan fingerprint density at radius 1 is 1.18 bits per heavy atom. The Bertz CT molecular complexity index is 819. The van der Waals surface area contributed by atoms with Gasteiger partial charge < -0.3 is 15.0 Å². The van der Waals surface area contributed by atoms with Gasteiger partial charge in [-0.25, -0.2) is 4.79 Å². The number of nitrogens with zero attached hydrogens (tertiary/aromatic N) is 2. The lowest BCUT2D eigenvalue weighted by Gasteiger charge is -2.27. The molecule has 0 spiro atoms. The molecule has 1 saturated carbocycles. The average molecular weight is 381 g/mol. The third kappa shape index (κ3) is 5.19. The normalized spacial score (nSPS) is 15.8. The molecule has 2 aliphatic carbocycles. The molecule has 0 aliphatic heterocycles. The van der Waals surface area contributed by atoms with Gasteiger partial charge in [0.2, 0.25) is 5.91 Å². The van der Waals surface area contributed by atoms with E-state index >= 15 is 0 Å². The number of rotatable bonds is 7. The first kappa shape index (κ1) is 19.6. The summed E-state index contributed by atoms with van der Waals surface area (Å²) in [6.45, 7) is -0.284. The molecule has 0 atom stereocenters. The number of ether oxygens (including phenoxy) is 1. The molecule has 0 bridgehead atoms. The Morgan fingerprint density at radius 3 is 2.54 bits per heavy atom. The molecule has 1 aromatic carbocycles. The molecule has 2 aliphatic rings. The second-order valence-corrected chi connectivity index (χ2v) is 6.97. The van der Waals surface area contributed by atoms with Crippen LogP contribution in [0.2, 0.25) is 0 Å². The monoisotopic (exact) mass is 381 g/mol. The molecule has 0 aromatic heterocycles. The molecule has 7 nitrogen and oxygen atoms in total. The van der Waals surface area contributed by atoms with Crippen LogP contribution in [-0.2, 0) is 14.3 Å². The summed E-state index contributed by atoms with van der Waals surface area (Å²) in [7, 11) is 0. The fourth-order valence-corrected chi connectivity index (χ4v) is 3.22. The summed E-state index contributed by atoms with van der Waals surface area (Å²) in [5, 5.41) is 11.0. The first-order valence-corrected chi connectivity index (χ1v) is 9.53. The summed E-state index contributed by atoms with van der Waals surface area (Å²) in [5.41, 5.74) is 1.84. The van der Waals surface area contributed by atoms with Crippen molar-refractivity contribution >= 4 is 23.5 Å². The van der Waals surface area contributed by atoms with E-state index in [0.717, 1.165) is 44.2 Å². The van der Waals surface area contributed by atoms with Gasteiger partial charge in [0.1, 0.15) is 6.42 Å². The van der Waals surface area contributed by atoms with E-state index in [1.165, 1.54) is 12.1 Å². The summed E-state index contributed by atoms with van der Waals surface area (Å²) in [5.74, 6) is -1.18. The summed E-state index contributed by atoms with van der Waals surface area (Å²) in [4.78, 5) is 38.1. The zero-order valence-corrected chi connectivity index (χ0v) is 15.6. The number of hydrogen-bond donors (Lipinski definition) is 1. The molecule has 1 fully saturated rings. The average Bonchev–Trinajstić information content (AvgIpc) is 3.53. The number of anilines is 1. The van der Waals surface area contributed by atoms with Crippen molar-refractivity contribution in [3.63, 3.8) is 0 Å². The molecule has 1 N–H and O–H groups in total. The molecule has 2 amide bonds. The Kier molecular flexibility index (Phi) is 6.43. The highest BCUT2D eigenvalue weighted by atomic mass is 16.5. The lowest BCUT2D eigenvalue weighted by Crippen LogP contribution is -2.36. The first-order valence-electron chi connectivity index (χ1n) is 9.53. The first-order chi connectivity index (χ1) is 13.6. The molecule has 0 unspecified atom stereocenters. The minimum absolute atomic E-state index is 0.176. The van der Waals surface area contributed by atoms with Crippen LogP contribution in [-0.4, -0.2) is 35.3 Å². The van der Waals surface area contributed by atoms with Crippen LogP contribution in [0.3, 0.4) is 0 Å². The third-order valence-electron chi connectivity index (χ3n) is 4.73. The molecule has 0 saturated heterocycles. The van der Waals surface area contributed by atoms with Gasteiger partial charge in [-0.3, -0.25) is 9.59 Å². The van der Waals surface area contributed by atoms with Gasteiger partial charge in [-0.2, -0.15) is 5.26 Å². The minimum Gasteiger partial charge on any atom is -0.452 e. The number of nitriles is 1. The summed E-state index contributed by atoms with van der Waals surface area (Å²) in [6.07, 6.45) is 8.00. The van der Waals surface area contributed by atoms with Crippen molar-refractivity contribution in [1.82, 2.24) is 4.90 Å². The SMILES string of the molecule is N#CCC(=O)Nc1ccc(C(=O)OCC(=O)N(C2=CCCCC2)C2CC2)cc1. The van der Waals surface area contributed by atoms with E-state index < -0.39 is 11.9 Å². The van der Waals surface area contributed by atoms with Crippen LogP contribution in [0.4, 0.5) is 5.69 Å². The second-order valence-electron chi connectivity index (χ2n) is 6.97. The predicted octanol–water partition coefficient (Wildman–Crippen LogP) is 3.14. The maximum absolute atomic E-state index is 12.6. The van der Waals surface area contributed by atoms with Crippen LogP contribution in [0.15, 0.2) is 36.0 Å². The molecule has 7 heteroatoms. The predicted molar refractivity (Wildman–Crippen MR) is 102 cm³/mol. The minimum atomic E-state index is -0.586. The number of hydrogen-bond acceptors (Lipinski definition) is 5. The zero-order chi connectivity index (χ0) is 19.9. The van der Waals surface area contributed by atoms with Gasteiger partial charge in [0.15, 0.2) is 6.61 Å². The third-order valence-corrected chi connectivity index (χ3v) is 4.73. The van der Waals surface area contributed by atoms with E-state index in [1.807, 2.05) is 4.90 Å². The Labute approximate surface area is 164 Å². The quantitative estimate of drug-likeness (QED) is 0.732. The maximum Gasteiger partial charge on any atom is 0.338 e. The van der Waals surface area contributed by atoms with E-state index in [1.54, 1.807) is 18.2 Å². The van der Waals surface area contributed by atoms with E-state index in [0.29, 0.717) is 11.3 Å². The molecular formula is C21H23N3O4. The molecule has 1 aromatic rings. The van der Waals surface area contributed by atoms with Crippen LogP contribution >= 0.6 is 0 Å². The van der Waals surface area contributed by atoms with Crippen molar-refractivity contribution < 1.29 is 19.1 Å². The lowest BCUT2D eigenvalue weighted by molar-refractivity contribution is -0.133.